The highest BCUT2D eigenvalue weighted by Gasteiger charge is 2.30. The molecule has 0 aliphatic heterocycles. The van der Waals surface area contributed by atoms with Gasteiger partial charge in [0.2, 0.25) is 0 Å². The number of benzene rings is 5. The Kier molecular flexibility index (Phi) is 9.64. The molecular formula is C35H33N3O6S. The zero-order valence-corrected chi connectivity index (χ0v) is 26.0. The molecule has 5 rings (SSSR count). The van der Waals surface area contributed by atoms with Gasteiger partial charge in [-0.15, -0.1) is 0 Å². The number of anilines is 1. The summed E-state index contributed by atoms with van der Waals surface area (Å²) in [5.74, 6) is 0.694. The molecule has 0 aliphatic rings. The van der Waals surface area contributed by atoms with E-state index in [-0.39, 0.29) is 16.3 Å². The molecule has 0 bridgehead atoms. The second-order valence-corrected chi connectivity index (χ2v) is 12.1. The molecule has 0 atom stereocenters. The van der Waals surface area contributed by atoms with E-state index in [9.17, 15) is 13.2 Å². The number of rotatable bonds is 12. The number of hydrogen-bond donors (Lipinski definition) is 1. The summed E-state index contributed by atoms with van der Waals surface area (Å²) in [5.41, 5.74) is 5.25. The van der Waals surface area contributed by atoms with Crippen LogP contribution in [0.3, 0.4) is 0 Å². The van der Waals surface area contributed by atoms with Gasteiger partial charge in [-0.25, -0.2) is 13.8 Å². The smallest absolute Gasteiger partial charge is 0.264 e. The Labute approximate surface area is 262 Å². The highest BCUT2D eigenvalue weighted by molar-refractivity contribution is 7.92. The first kappa shape index (κ1) is 31.1. The number of methoxy groups -OCH3 is 2. The Morgan fingerprint density at radius 3 is 2.24 bits per heavy atom. The lowest BCUT2D eigenvalue weighted by Crippen LogP contribution is -2.39. The monoisotopic (exact) mass is 623 g/mol. The number of hydrazone groups is 1. The number of hydrogen-bond acceptors (Lipinski definition) is 7. The van der Waals surface area contributed by atoms with Crippen molar-refractivity contribution in [2.45, 2.75) is 18.4 Å². The van der Waals surface area contributed by atoms with Crippen LogP contribution < -0.4 is 23.9 Å². The highest BCUT2D eigenvalue weighted by atomic mass is 32.2. The van der Waals surface area contributed by atoms with Crippen molar-refractivity contribution in [3.8, 4) is 17.2 Å². The van der Waals surface area contributed by atoms with E-state index >= 15 is 0 Å². The third-order valence-corrected chi connectivity index (χ3v) is 8.83. The minimum absolute atomic E-state index is 0.0252. The Bertz CT molecular complexity index is 1920. The molecule has 10 heteroatoms. The number of carbonyl (C=O) groups excluding carboxylic acids is 1. The third-order valence-electron chi connectivity index (χ3n) is 7.05. The molecule has 0 aromatic heterocycles. The zero-order chi connectivity index (χ0) is 31.8. The van der Waals surface area contributed by atoms with Gasteiger partial charge in [0, 0.05) is 6.07 Å². The number of fused-ring (bicyclic) bond motifs is 1. The fourth-order valence-corrected chi connectivity index (χ4v) is 6.04. The van der Waals surface area contributed by atoms with Gasteiger partial charge in [0.15, 0.2) is 0 Å². The molecule has 5 aromatic rings. The van der Waals surface area contributed by atoms with Crippen molar-refractivity contribution in [1.29, 1.82) is 0 Å². The average molecular weight is 624 g/mol. The number of sulfonamides is 1. The number of carbonyl (C=O) groups is 1. The molecule has 9 nitrogen and oxygen atoms in total. The second-order valence-electron chi connectivity index (χ2n) is 10.2. The number of nitrogens with one attached hydrogen (secondary N) is 1. The largest absolute Gasteiger partial charge is 0.497 e. The van der Waals surface area contributed by atoms with Crippen LogP contribution in [0.25, 0.3) is 10.8 Å². The van der Waals surface area contributed by atoms with Crippen LogP contribution in [-0.2, 0) is 21.4 Å². The van der Waals surface area contributed by atoms with Crippen molar-refractivity contribution in [2.75, 3.05) is 25.1 Å². The van der Waals surface area contributed by atoms with E-state index in [1.807, 2.05) is 37.3 Å². The molecule has 0 saturated carbocycles. The summed E-state index contributed by atoms with van der Waals surface area (Å²) in [7, 11) is -1.28. The van der Waals surface area contributed by atoms with E-state index in [0.29, 0.717) is 23.7 Å². The van der Waals surface area contributed by atoms with E-state index in [2.05, 4.69) is 34.8 Å². The molecule has 45 heavy (non-hydrogen) atoms. The summed E-state index contributed by atoms with van der Waals surface area (Å²) >= 11 is 0. The van der Waals surface area contributed by atoms with Crippen LogP contribution in [0.4, 0.5) is 5.69 Å². The molecule has 0 aliphatic carbocycles. The first-order valence-electron chi connectivity index (χ1n) is 14.1. The van der Waals surface area contributed by atoms with E-state index < -0.39 is 22.5 Å². The predicted molar refractivity (Wildman–Crippen MR) is 176 cm³/mol. The quantitative estimate of drug-likeness (QED) is 0.133. The summed E-state index contributed by atoms with van der Waals surface area (Å²) in [6.45, 7) is 1.73. The van der Waals surface area contributed by atoms with Crippen LogP contribution in [0.5, 0.6) is 17.2 Å². The van der Waals surface area contributed by atoms with Gasteiger partial charge in [-0.2, -0.15) is 5.10 Å². The molecule has 0 spiro atoms. The molecule has 0 heterocycles. The number of aryl methyl sites for hydroxylation is 1. The molecule has 0 radical (unpaired) electrons. The van der Waals surface area contributed by atoms with Crippen LogP contribution >= 0.6 is 0 Å². The van der Waals surface area contributed by atoms with Gasteiger partial charge in [0.1, 0.15) is 30.4 Å². The molecule has 1 N–H and O–H groups in total. The van der Waals surface area contributed by atoms with E-state index in [4.69, 9.17) is 14.2 Å². The summed E-state index contributed by atoms with van der Waals surface area (Å²) < 4.78 is 45.2. The van der Waals surface area contributed by atoms with Gasteiger partial charge in [-0.05, 0) is 83.4 Å². The first-order valence-corrected chi connectivity index (χ1v) is 15.5. The van der Waals surface area contributed by atoms with Crippen molar-refractivity contribution in [1.82, 2.24) is 5.43 Å². The lowest BCUT2D eigenvalue weighted by molar-refractivity contribution is -0.119. The molecule has 0 unspecified atom stereocenters. The van der Waals surface area contributed by atoms with Crippen LogP contribution in [0.15, 0.2) is 119 Å². The van der Waals surface area contributed by atoms with Crippen LogP contribution in [0.1, 0.15) is 16.7 Å². The fraction of sp³-hybridized carbons (Fsp3) is 0.143. The topological polar surface area (TPSA) is 107 Å². The molecule has 0 saturated heterocycles. The summed E-state index contributed by atoms with van der Waals surface area (Å²) in [5, 5.41) is 6.38. The normalized spacial score (nSPS) is 11.4. The maximum Gasteiger partial charge on any atom is 0.264 e. The Hall–Kier alpha value is -5.35. The standard InChI is InChI=1S/C35H33N3O6S/c1-25-8-17-32(18-9-25)45(40,41)38(33-21-31(42-2)16-19-34(33)43-3)23-35(39)37-36-22-26-11-14-30(15-12-26)44-24-27-10-13-28-6-4-5-7-29(28)20-27/h4-22H,23-24H2,1-3H3,(H,37,39)/b36-22-. The lowest BCUT2D eigenvalue weighted by atomic mass is 10.1. The average Bonchev–Trinajstić information content (AvgIpc) is 3.06. The number of nitrogens with zero attached hydrogens (tertiary/aromatic N) is 2. The molecule has 1 amide bonds. The maximum atomic E-state index is 13.8. The fourth-order valence-electron chi connectivity index (χ4n) is 4.62. The number of ether oxygens (including phenoxy) is 3. The zero-order valence-electron chi connectivity index (χ0n) is 25.1. The maximum absolute atomic E-state index is 13.8. The molecular weight excluding hydrogens is 590 g/mol. The van der Waals surface area contributed by atoms with Crippen molar-refractivity contribution in [3.63, 3.8) is 0 Å². The SMILES string of the molecule is COc1ccc(OC)c(N(CC(=O)N/N=C\c2ccc(OCc3ccc4ccccc4c3)cc2)S(=O)(=O)c2ccc(C)cc2)c1. The summed E-state index contributed by atoms with van der Waals surface area (Å²) in [6.07, 6.45) is 1.47. The molecule has 230 valence electrons. The highest BCUT2D eigenvalue weighted by Crippen LogP contribution is 2.35. The van der Waals surface area contributed by atoms with Gasteiger partial charge in [0.25, 0.3) is 15.9 Å². The second kappa shape index (κ2) is 14.0. The minimum Gasteiger partial charge on any atom is -0.497 e. The van der Waals surface area contributed by atoms with Crippen molar-refractivity contribution in [2.24, 2.45) is 5.10 Å². The van der Waals surface area contributed by atoms with Crippen molar-refractivity contribution < 1.29 is 27.4 Å². The summed E-state index contributed by atoms with van der Waals surface area (Å²) in [4.78, 5) is 13.1. The van der Waals surface area contributed by atoms with Gasteiger partial charge >= 0.3 is 0 Å². The van der Waals surface area contributed by atoms with E-state index in [0.717, 1.165) is 20.8 Å². The van der Waals surface area contributed by atoms with Crippen LogP contribution in [-0.4, -0.2) is 41.3 Å². The predicted octanol–water partition coefficient (Wildman–Crippen LogP) is 6.09. The van der Waals surface area contributed by atoms with Gasteiger partial charge in [-0.3, -0.25) is 9.10 Å². The molecule has 0 fully saturated rings. The third kappa shape index (κ3) is 7.60. The lowest BCUT2D eigenvalue weighted by Gasteiger charge is -2.25. The van der Waals surface area contributed by atoms with Crippen molar-refractivity contribution >= 4 is 38.6 Å². The number of amides is 1. The van der Waals surface area contributed by atoms with Crippen LogP contribution in [0.2, 0.25) is 0 Å². The minimum atomic E-state index is -4.17. The summed E-state index contributed by atoms with van der Waals surface area (Å²) in [6, 6.07) is 32.7. The van der Waals surface area contributed by atoms with Crippen molar-refractivity contribution in [3.05, 3.63) is 126 Å². The van der Waals surface area contributed by atoms with Crippen LogP contribution in [0, 0.1) is 6.92 Å². The van der Waals surface area contributed by atoms with Gasteiger partial charge < -0.3 is 14.2 Å². The Morgan fingerprint density at radius 1 is 0.822 bits per heavy atom. The Morgan fingerprint density at radius 2 is 1.53 bits per heavy atom. The van der Waals surface area contributed by atoms with E-state index in [1.165, 1.54) is 44.0 Å². The van der Waals surface area contributed by atoms with E-state index in [1.54, 1.807) is 36.4 Å². The van der Waals surface area contributed by atoms with Gasteiger partial charge in [-0.1, -0.05) is 54.1 Å². The first-order chi connectivity index (χ1) is 21.8. The Balaban J connectivity index is 1.26. The van der Waals surface area contributed by atoms with Gasteiger partial charge in [0.05, 0.1) is 31.0 Å². The molecule has 5 aromatic carbocycles.